The molecule has 1 aliphatic rings. The van der Waals surface area contributed by atoms with Crippen molar-refractivity contribution in [1.29, 1.82) is 0 Å². The molecule has 1 aromatic rings. The molecule has 1 fully saturated rings. The molecule has 0 heterocycles. The fourth-order valence-electron chi connectivity index (χ4n) is 2.41. The third-order valence-electron chi connectivity index (χ3n) is 3.79. The topological polar surface area (TPSA) is 21.3 Å². The van der Waals surface area contributed by atoms with Crippen LogP contribution in [0.3, 0.4) is 0 Å². The first-order chi connectivity index (χ1) is 8.57. The van der Waals surface area contributed by atoms with Crippen molar-refractivity contribution in [3.63, 3.8) is 0 Å². The van der Waals surface area contributed by atoms with Crippen molar-refractivity contribution in [1.82, 2.24) is 5.32 Å². The van der Waals surface area contributed by atoms with E-state index in [-0.39, 0.29) is 0 Å². The van der Waals surface area contributed by atoms with Gasteiger partial charge >= 0.3 is 0 Å². The van der Waals surface area contributed by atoms with Gasteiger partial charge in [0.25, 0.3) is 0 Å². The Labute approximate surface area is 111 Å². The maximum Gasteiger partial charge on any atom is 0.122 e. The summed E-state index contributed by atoms with van der Waals surface area (Å²) in [6.07, 6.45) is 2.61. The average Bonchev–Trinajstić information content (AvgIpc) is 3.10. The van der Waals surface area contributed by atoms with E-state index in [2.05, 4.69) is 44.3 Å². The minimum atomic E-state index is 0.389. The number of aryl methyl sites for hydroxylation is 1. The molecule has 1 aliphatic carbocycles. The van der Waals surface area contributed by atoms with E-state index in [1.807, 2.05) is 6.92 Å². The Morgan fingerprint density at radius 3 is 2.56 bits per heavy atom. The van der Waals surface area contributed by atoms with E-state index in [1.54, 1.807) is 0 Å². The molecule has 0 aromatic heterocycles. The zero-order valence-electron chi connectivity index (χ0n) is 12.0. The smallest absolute Gasteiger partial charge is 0.122 e. The van der Waals surface area contributed by atoms with Gasteiger partial charge in [0.1, 0.15) is 5.75 Å². The fourth-order valence-corrected chi connectivity index (χ4v) is 2.41. The van der Waals surface area contributed by atoms with Crippen molar-refractivity contribution < 1.29 is 4.74 Å². The van der Waals surface area contributed by atoms with Crippen LogP contribution in [0.2, 0.25) is 0 Å². The number of benzene rings is 1. The maximum absolute atomic E-state index is 5.61. The Hall–Kier alpha value is -1.02. The summed E-state index contributed by atoms with van der Waals surface area (Å²) in [7, 11) is 0. The van der Waals surface area contributed by atoms with Gasteiger partial charge in [-0.1, -0.05) is 26.0 Å². The monoisotopic (exact) mass is 247 g/mol. The number of hydrogen-bond donors (Lipinski definition) is 1. The van der Waals surface area contributed by atoms with Gasteiger partial charge < -0.3 is 10.1 Å². The van der Waals surface area contributed by atoms with Crippen molar-refractivity contribution in [2.24, 2.45) is 0 Å². The van der Waals surface area contributed by atoms with Crippen molar-refractivity contribution in [2.45, 2.75) is 52.0 Å². The molecule has 0 aliphatic heterocycles. The van der Waals surface area contributed by atoms with E-state index in [4.69, 9.17) is 4.74 Å². The lowest BCUT2D eigenvalue weighted by molar-refractivity contribution is 0.337. The third-order valence-corrected chi connectivity index (χ3v) is 3.79. The highest BCUT2D eigenvalue weighted by molar-refractivity contribution is 5.42. The first kappa shape index (κ1) is 13.4. The molecule has 2 rings (SSSR count). The van der Waals surface area contributed by atoms with Crippen LogP contribution < -0.4 is 10.1 Å². The Morgan fingerprint density at radius 2 is 2.06 bits per heavy atom. The first-order valence-electron chi connectivity index (χ1n) is 7.05. The highest BCUT2D eigenvalue weighted by atomic mass is 16.5. The maximum atomic E-state index is 5.61. The van der Waals surface area contributed by atoms with Crippen LogP contribution in [-0.2, 0) is 5.41 Å². The van der Waals surface area contributed by atoms with E-state index in [1.165, 1.54) is 24.0 Å². The molecule has 0 spiro atoms. The van der Waals surface area contributed by atoms with Gasteiger partial charge in [-0.15, -0.1) is 0 Å². The summed E-state index contributed by atoms with van der Waals surface area (Å²) < 4.78 is 5.61. The van der Waals surface area contributed by atoms with Gasteiger partial charge in [0.05, 0.1) is 6.61 Å². The normalized spacial score (nSPS) is 16.9. The second-order valence-corrected chi connectivity index (χ2v) is 5.73. The third kappa shape index (κ3) is 2.86. The van der Waals surface area contributed by atoms with Crippen molar-refractivity contribution in [3.05, 3.63) is 29.3 Å². The molecule has 0 amide bonds. The molecule has 1 saturated carbocycles. The Morgan fingerprint density at radius 1 is 1.33 bits per heavy atom. The van der Waals surface area contributed by atoms with E-state index in [0.29, 0.717) is 11.5 Å². The van der Waals surface area contributed by atoms with Gasteiger partial charge in [0.2, 0.25) is 0 Å². The van der Waals surface area contributed by atoms with Gasteiger partial charge in [-0.05, 0) is 43.9 Å². The van der Waals surface area contributed by atoms with Crippen LogP contribution in [0.15, 0.2) is 18.2 Å². The molecule has 0 atom stereocenters. The van der Waals surface area contributed by atoms with E-state index in [0.717, 1.165) is 18.9 Å². The van der Waals surface area contributed by atoms with Crippen LogP contribution in [-0.4, -0.2) is 19.2 Å². The predicted octanol–water partition coefficient (Wildman–Crippen LogP) is 3.42. The predicted molar refractivity (Wildman–Crippen MR) is 76.4 cm³/mol. The highest BCUT2D eigenvalue weighted by Crippen LogP contribution is 2.48. The van der Waals surface area contributed by atoms with Crippen LogP contribution in [0.4, 0.5) is 0 Å². The Bertz CT molecular complexity index is 408. The lowest BCUT2D eigenvalue weighted by atomic mass is 9.94. The molecular weight excluding hydrogens is 222 g/mol. The molecule has 1 aromatic carbocycles. The quantitative estimate of drug-likeness (QED) is 0.831. The van der Waals surface area contributed by atoms with Crippen LogP contribution in [0.25, 0.3) is 0 Å². The molecule has 0 saturated heterocycles. The van der Waals surface area contributed by atoms with Crippen LogP contribution in [0.1, 0.15) is 44.7 Å². The summed E-state index contributed by atoms with van der Waals surface area (Å²) in [5.41, 5.74) is 3.11. The zero-order valence-corrected chi connectivity index (χ0v) is 12.0. The summed E-state index contributed by atoms with van der Waals surface area (Å²) in [5.74, 6) is 1.02. The number of ether oxygens (including phenoxy) is 1. The van der Waals surface area contributed by atoms with E-state index < -0.39 is 0 Å². The Balaban J connectivity index is 2.11. The fraction of sp³-hybridized carbons (Fsp3) is 0.625. The first-order valence-corrected chi connectivity index (χ1v) is 7.05. The second-order valence-electron chi connectivity index (χ2n) is 5.73. The van der Waals surface area contributed by atoms with Gasteiger partial charge in [0.15, 0.2) is 0 Å². The highest BCUT2D eigenvalue weighted by Gasteiger charge is 2.43. The molecule has 0 radical (unpaired) electrons. The molecule has 2 heteroatoms. The molecule has 18 heavy (non-hydrogen) atoms. The van der Waals surface area contributed by atoms with E-state index in [9.17, 15) is 0 Å². The average molecular weight is 247 g/mol. The summed E-state index contributed by atoms with van der Waals surface area (Å²) in [4.78, 5) is 0. The lowest BCUT2D eigenvalue weighted by Crippen LogP contribution is -2.32. The summed E-state index contributed by atoms with van der Waals surface area (Å²) in [6.45, 7) is 10.4. The molecule has 1 N–H and O–H groups in total. The summed E-state index contributed by atoms with van der Waals surface area (Å²) >= 11 is 0. The standard InChI is InChI=1S/C16H25NO/c1-5-18-15-7-6-14(10-13(15)4)16(8-9-16)11-17-12(2)3/h6-7,10,12,17H,5,8-9,11H2,1-4H3. The number of hydrogen-bond acceptors (Lipinski definition) is 2. The summed E-state index contributed by atoms with van der Waals surface area (Å²) in [6, 6.07) is 7.24. The van der Waals surface area contributed by atoms with Crippen LogP contribution >= 0.6 is 0 Å². The van der Waals surface area contributed by atoms with Gasteiger partial charge in [-0.3, -0.25) is 0 Å². The molecule has 100 valence electrons. The SMILES string of the molecule is CCOc1ccc(C2(CNC(C)C)CC2)cc1C. The minimum Gasteiger partial charge on any atom is -0.494 e. The molecule has 2 nitrogen and oxygen atoms in total. The van der Waals surface area contributed by atoms with Crippen molar-refractivity contribution in [3.8, 4) is 5.75 Å². The van der Waals surface area contributed by atoms with Gasteiger partial charge in [-0.25, -0.2) is 0 Å². The number of rotatable bonds is 6. The number of nitrogens with one attached hydrogen (secondary N) is 1. The van der Waals surface area contributed by atoms with E-state index >= 15 is 0 Å². The van der Waals surface area contributed by atoms with Gasteiger partial charge in [-0.2, -0.15) is 0 Å². The van der Waals surface area contributed by atoms with Crippen LogP contribution in [0.5, 0.6) is 5.75 Å². The molecular formula is C16H25NO. The largest absolute Gasteiger partial charge is 0.494 e. The van der Waals surface area contributed by atoms with Gasteiger partial charge in [0, 0.05) is 18.0 Å². The van der Waals surface area contributed by atoms with Crippen molar-refractivity contribution in [2.75, 3.05) is 13.2 Å². The molecule has 0 bridgehead atoms. The Kier molecular flexibility index (Phi) is 3.96. The second kappa shape index (κ2) is 5.31. The van der Waals surface area contributed by atoms with Crippen LogP contribution in [0, 0.1) is 6.92 Å². The minimum absolute atomic E-state index is 0.389. The van der Waals surface area contributed by atoms with Crippen molar-refractivity contribution >= 4 is 0 Å². The lowest BCUT2D eigenvalue weighted by Gasteiger charge is -2.20. The molecule has 0 unspecified atom stereocenters. The summed E-state index contributed by atoms with van der Waals surface area (Å²) in [5, 5.41) is 3.57. The zero-order chi connectivity index (χ0) is 13.2.